The van der Waals surface area contributed by atoms with Crippen molar-refractivity contribution in [3.05, 3.63) is 48.5 Å². The van der Waals surface area contributed by atoms with Crippen LogP contribution in [0.15, 0.2) is 47.9 Å². The maximum Gasteiger partial charge on any atom is 0.416 e. The molecular weight excluding hydrogens is 447 g/mol. The Bertz CT molecular complexity index is 930. The van der Waals surface area contributed by atoms with E-state index in [1.165, 1.54) is 0 Å². The van der Waals surface area contributed by atoms with Crippen molar-refractivity contribution in [2.45, 2.75) is 62.6 Å². The number of hydrogen-bond donors (Lipinski definition) is 2. The lowest BCUT2D eigenvalue weighted by Crippen LogP contribution is -2.25. The van der Waals surface area contributed by atoms with Gasteiger partial charge in [-0.25, -0.2) is 18.1 Å². The van der Waals surface area contributed by atoms with Crippen LogP contribution in [-0.2, 0) is 27.5 Å². The molecule has 0 amide bonds. The van der Waals surface area contributed by atoms with Crippen molar-refractivity contribution < 1.29 is 31.5 Å². The van der Waals surface area contributed by atoms with Crippen LogP contribution in [0.2, 0.25) is 0 Å². The van der Waals surface area contributed by atoms with Gasteiger partial charge < -0.3 is 9.67 Å². The Morgan fingerprint density at radius 2 is 1.78 bits per heavy atom. The molecule has 1 heterocycles. The summed E-state index contributed by atoms with van der Waals surface area (Å²) in [6.45, 7) is 0.959. The molecule has 0 spiro atoms. The fourth-order valence-electron chi connectivity index (χ4n) is 3.41. The molecule has 178 valence electrons. The van der Waals surface area contributed by atoms with E-state index >= 15 is 0 Å². The molecule has 1 atom stereocenters. The van der Waals surface area contributed by atoms with Gasteiger partial charge in [-0.05, 0) is 55.9 Å². The predicted octanol–water partition coefficient (Wildman–Crippen LogP) is 4.31. The first kappa shape index (κ1) is 25.9. The van der Waals surface area contributed by atoms with E-state index in [0.29, 0.717) is 19.3 Å². The number of nitrogens with one attached hydrogen (secondary N) is 1. The van der Waals surface area contributed by atoms with Gasteiger partial charge in [-0.15, -0.1) is 0 Å². The Labute approximate surface area is 185 Å². The van der Waals surface area contributed by atoms with Gasteiger partial charge in [-0.2, -0.15) is 13.2 Å². The first-order valence-corrected chi connectivity index (χ1v) is 11.9. The van der Waals surface area contributed by atoms with E-state index in [2.05, 4.69) is 9.71 Å². The van der Waals surface area contributed by atoms with Crippen molar-refractivity contribution in [1.29, 1.82) is 0 Å². The quantitative estimate of drug-likeness (QED) is 0.397. The van der Waals surface area contributed by atoms with E-state index in [1.54, 1.807) is 12.5 Å². The number of aryl methyl sites for hydroxylation is 1. The molecule has 0 aliphatic rings. The number of alkyl halides is 3. The summed E-state index contributed by atoms with van der Waals surface area (Å²) in [4.78, 5) is 14.7. The second kappa shape index (κ2) is 12.0. The summed E-state index contributed by atoms with van der Waals surface area (Å²) in [5, 5.41) is 8.96. The van der Waals surface area contributed by atoms with Crippen molar-refractivity contribution in [3.63, 3.8) is 0 Å². The summed E-state index contributed by atoms with van der Waals surface area (Å²) in [5.41, 5.74) is -0.906. The van der Waals surface area contributed by atoms with Gasteiger partial charge in [-0.1, -0.05) is 12.8 Å². The topological polar surface area (TPSA) is 101 Å². The van der Waals surface area contributed by atoms with E-state index in [1.807, 2.05) is 10.8 Å². The summed E-state index contributed by atoms with van der Waals surface area (Å²) in [6.07, 6.45) is 5.23. The highest BCUT2D eigenvalue weighted by Gasteiger charge is 2.30. The van der Waals surface area contributed by atoms with Crippen LogP contribution in [0.1, 0.15) is 50.5 Å². The minimum absolute atomic E-state index is 0.0935. The van der Waals surface area contributed by atoms with Gasteiger partial charge in [0.1, 0.15) is 0 Å². The fraction of sp³-hybridized carbons (Fsp3) is 0.524. The molecule has 0 saturated heterocycles. The number of carboxylic acid groups (broad SMARTS) is 1. The average Bonchev–Trinajstić information content (AvgIpc) is 3.24. The zero-order valence-electron chi connectivity index (χ0n) is 17.6. The minimum Gasteiger partial charge on any atom is -0.481 e. The first-order valence-electron chi connectivity index (χ1n) is 10.4. The molecule has 0 aliphatic carbocycles. The highest BCUT2D eigenvalue weighted by atomic mass is 32.2. The van der Waals surface area contributed by atoms with Gasteiger partial charge in [0.25, 0.3) is 0 Å². The second-order valence-electron chi connectivity index (χ2n) is 7.66. The molecule has 2 rings (SSSR count). The third kappa shape index (κ3) is 8.99. The number of nitrogens with zero attached hydrogens (tertiary/aromatic N) is 2. The van der Waals surface area contributed by atoms with Gasteiger partial charge >= 0.3 is 12.1 Å². The van der Waals surface area contributed by atoms with Crippen LogP contribution < -0.4 is 4.72 Å². The molecule has 0 saturated carbocycles. The number of sulfonamides is 1. The molecule has 0 aliphatic heterocycles. The maximum atomic E-state index is 12.6. The number of unbranched alkanes of at least 4 members (excludes halogenated alkanes) is 1. The van der Waals surface area contributed by atoms with Gasteiger partial charge in [0, 0.05) is 31.9 Å². The van der Waals surface area contributed by atoms with E-state index in [0.717, 1.165) is 50.1 Å². The Morgan fingerprint density at radius 3 is 2.38 bits per heavy atom. The number of benzene rings is 1. The summed E-state index contributed by atoms with van der Waals surface area (Å²) >= 11 is 0. The van der Waals surface area contributed by atoms with Gasteiger partial charge in [0.05, 0.1) is 16.8 Å². The summed E-state index contributed by atoms with van der Waals surface area (Å²) < 4.78 is 66.7. The van der Waals surface area contributed by atoms with Crippen molar-refractivity contribution in [1.82, 2.24) is 14.3 Å². The monoisotopic (exact) mass is 475 g/mol. The molecule has 2 N–H and O–H groups in total. The molecule has 1 aromatic heterocycles. The van der Waals surface area contributed by atoms with E-state index < -0.39 is 27.7 Å². The van der Waals surface area contributed by atoms with Crippen LogP contribution in [0.4, 0.5) is 13.2 Å². The standard InChI is InChI=1S/C21H28F3N3O4S/c22-21(23,24)18-7-9-19(10-8-18)32(30,31)26-12-2-1-4-17(6-11-20(28)29)5-3-14-27-15-13-25-16-27/h7-10,13,15-17,26H,1-6,11-12,14H2,(H,28,29). The average molecular weight is 476 g/mol. The van der Waals surface area contributed by atoms with Crippen LogP contribution in [0.5, 0.6) is 0 Å². The molecule has 0 fully saturated rings. The smallest absolute Gasteiger partial charge is 0.416 e. The Hall–Kier alpha value is -2.40. The number of hydrogen-bond acceptors (Lipinski definition) is 4. The summed E-state index contributed by atoms with van der Waals surface area (Å²) in [7, 11) is -3.89. The first-order chi connectivity index (χ1) is 15.1. The molecule has 2 aromatic rings. The second-order valence-corrected chi connectivity index (χ2v) is 9.42. The van der Waals surface area contributed by atoms with Crippen molar-refractivity contribution in [2.75, 3.05) is 6.54 Å². The molecule has 1 unspecified atom stereocenters. The molecule has 7 nitrogen and oxygen atoms in total. The zero-order valence-corrected chi connectivity index (χ0v) is 18.4. The highest BCUT2D eigenvalue weighted by Crippen LogP contribution is 2.29. The number of aliphatic carboxylic acids is 1. The number of halogens is 3. The molecule has 11 heteroatoms. The Balaban J connectivity index is 1.75. The lowest BCUT2D eigenvalue weighted by molar-refractivity contribution is -0.138. The highest BCUT2D eigenvalue weighted by molar-refractivity contribution is 7.89. The van der Waals surface area contributed by atoms with Crippen LogP contribution in [-0.4, -0.2) is 35.6 Å². The summed E-state index contributed by atoms with van der Waals surface area (Å²) in [6, 6.07) is 3.36. The molecular formula is C21H28F3N3O4S. The van der Waals surface area contributed by atoms with Crippen LogP contribution in [0, 0.1) is 5.92 Å². The van der Waals surface area contributed by atoms with Crippen molar-refractivity contribution >= 4 is 16.0 Å². The fourth-order valence-corrected chi connectivity index (χ4v) is 4.49. The number of carboxylic acids is 1. The van der Waals surface area contributed by atoms with Crippen LogP contribution in [0.3, 0.4) is 0 Å². The maximum absolute atomic E-state index is 12.6. The minimum atomic E-state index is -4.52. The van der Waals surface area contributed by atoms with Crippen LogP contribution in [0.25, 0.3) is 0 Å². The number of imidazole rings is 1. The lowest BCUT2D eigenvalue weighted by Gasteiger charge is -2.16. The molecule has 32 heavy (non-hydrogen) atoms. The zero-order chi connectivity index (χ0) is 23.6. The lowest BCUT2D eigenvalue weighted by atomic mass is 9.92. The number of rotatable bonds is 14. The van der Waals surface area contributed by atoms with Crippen molar-refractivity contribution in [2.24, 2.45) is 5.92 Å². The number of carbonyl (C=O) groups is 1. The Morgan fingerprint density at radius 1 is 1.09 bits per heavy atom. The van der Waals surface area contributed by atoms with Gasteiger partial charge in [0.15, 0.2) is 0 Å². The molecule has 0 bridgehead atoms. The van der Waals surface area contributed by atoms with E-state index in [4.69, 9.17) is 5.11 Å². The molecule has 0 radical (unpaired) electrons. The van der Waals surface area contributed by atoms with E-state index in [9.17, 15) is 26.4 Å². The predicted molar refractivity (Wildman–Crippen MR) is 112 cm³/mol. The normalized spacial score (nSPS) is 13.2. The Kier molecular flexibility index (Phi) is 9.70. The van der Waals surface area contributed by atoms with E-state index in [-0.39, 0.29) is 23.8 Å². The van der Waals surface area contributed by atoms with Gasteiger partial charge in [0.2, 0.25) is 10.0 Å². The molecule has 1 aromatic carbocycles. The van der Waals surface area contributed by atoms with Crippen molar-refractivity contribution in [3.8, 4) is 0 Å². The van der Waals surface area contributed by atoms with Crippen LogP contribution >= 0.6 is 0 Å². The third-order valence-electron chi connectivity index (χ3n) is 5.18. The third-order valence-corrected chi connectivity index (χ3v) is 6.65. The van der Waals surface area contributed by atoms with Gasteiger partial charge in [-0.3, -0.25) is 4.79 Å². The SMILES string of the molecule is O=C(O)CCC(CCCCNS(=O)(=O)c1ccc(C(F)(F)F)cc1)CCCn1ccnc1. The largest absolute Gasteiger partial charge is 0.481 e. The summed E-state index contributed by atoms with van der Waals surface area (Å²) in [5.74, 6) is -0.616. The number of aromatic nitrogens is 2.